The second kappa shape index (κ2) is 2.83. The average molecular weight is 163 g/mol. The summed E-state index contributed by atoms with van der Waals surface area (Å²) in [6.07, 6.45) is 4.96. The molecule has 2 rings (SSSR count). The van der Waals surface area contributed by atoms with E-state index in [1.807, 2.05) is 13.1 Å². The zero-order chi connectivity index (χ0) is 8.55. The standard InChI is InChI=1S/C9H13N3/c1-6-11-5-7-2-3-8(10)4-9(7)12-6/h5,8H,2-4,10H2,1H3. The molecule has 2 N–H and O–H groups in total. The molecule has 0 saturated heterocycles. The molecule has 64 valence electrons. The summed E-state index contributed by atoms with van der Waals surface area (Å²) in [5, 5.41) is 0. The molecule has 1 aromatic heterocycles. The molecule has 0 fully saturated rings. The van der Waals surface area contributed by atoms with E-state index in [9.17, 15) is 0 Å². The summed E-state index contributed by atoms with van der Waals surface area (Å²) in [6.45, 7) is 1.92. The molecule has 0 aliphatic heterocycles. The number of nitrogens with two attached hydrogens (primary N) is 1. The van der Waals surface area contributed by atoms with Crippen molar-refractivity contribution >= 4 is 0 Å². The first kappa shape index (κ1) is 7.68. The summed E-state index contributed by atoms with van der Waals surface area (Å²) in [7, 11) is 0. The summed E-state index contributed by atoms with van der Waals surface area (Å²) in [5.41, 5.74) is 8.27. The van der Waals surface area contributed by atoms with E-state index in [4.69, 9.17) is 5.73 Å². The maximum absolute atomic E-state index is 5.84. The number of hydrogen-bond donors (Lipinski definition) is 1. The fourth-order valence-corrected chi connectivity index (χ4v) is 1.62. The highest BCUT2D eigenvalue weighted by molar-refractivity contribution is 5.21. The van der Waals surface area contributed by atoms with Gasteiger partial charge in [0.25, 0.3) is 0 Å². The number of hydrogen-bond acceptors (Lipinski definition) is 3. The molecular weight excluding hydrogens is 150 g/mol. The summed E-state index contributed by atoms with van der Waals surface area (Å²) < 4.78 is 0. The quantitative estimate of drug-likeness (QED) is 0.609. The van der Waals surface area contributed by atoms with Crippen LogP contribution < -0.4 is 5.73 Å². The molecule has 0 aromatic carbocycles. The number of fused-ring (bicyclic) bond motifs is 1. The van der Waals surface area contributed by atoms with Crippen LogP contribution in [0.25, 0.3) is 0 Å². The van der Waals surface area contributed by atoms with E-state index in [-0.39, 0.29) is 0 Å². The van der Waals surface area contributed by atoms with Crippen molar-refractivity contribution in [1.82, 2.24) is 9.97 Å². The predicted molar refractivity (Wildman–Crippen MR) is 46.8 cm³/mol. The van der Waals surface area contributed by atoms with Gasteiger partial charge in [-0.05, 0) is 25.3 Å². The highest BCUT2D eigenvalue weighted by Crippen LogP contribution is 2.17. The van der Waals surface area contributed by atoms with Crippen molar-refractivity contribution < 1.29 is 0 Å². The zero-order valence-corrected chi connectivity index (χ0v) is 7.25. The number of rotatable bonds is 0. The Bertz CT molecular complexity index is 296. The van der Waals surface area contributed by atoms with Gasteiger partial charge in [-0.25, -0.2) is 9.97 Å². The van der Waals surface area contributed by atoms with Gasteiger partial charge >= 0.3 is 0 Å². The summed E-state index contributed by atoms with van der Waals surface area (Å²) in [5.74, 6) is 0.850. The smallest absolute Gasteiger partial charge is 0.125 e. The lowest BCUT2D eigenvalue weighted by Gasteiger charge is -2.19. The summed E-state index contributed by atoms with van der Waals surface area (Å²) in [4.78, 5) is 8.54. The van der Waals surface area contributed by atoms with Crippen LogP contribution in [0.4, 0.5) is 0 Å². The SMILES string of the molecule is Cc1ncc2c(n1)CC(N)CC2. The van der Waals surface area contributed by atoms with Gasteiger partial charge in [0.05, 0.1) is 0 Å². The van der Waals surface area contributed by atoms with Crippen LogP contribution >= 0.6 is 0 Å². The van der Waals surface area contributed by atoms with Crippen LogP contribution in [-0.4, -0.2) is 16.0 Å². The van der Waals surface area contributed by atoms with Crippen molar-refractivity contribution in [2.24, 2.45) is 5.73 Å². The largest absolute Gasteiger partial charge is 0.327 e. The van der Waals surface area contributed by atoms with E-state index in [0.717, 1.165) is 30.8 Å². The molecule has 3 nitrogen and oxygen atoms in total. The maximum atomic E-state index is 5.84. The van der Waals surface area contributed by atoms with Crippen LogP contribution in [0.5, 0.6) is 0 Å². The molecule has 0 bridgehead atoms. The Kier molecular flexibility index (Phi) is 1.81. The van der Waals surface area contributed by atoms with E-state index >= 15 is 0 Å². The minimum absolute atomic E-state index is 0.298. The second-order valence-corrected chi connectivity index (χ2v) is 3.39. The first-order chi connectivity index (χ1) is 5.75. The van der Waals surface area contributed by atoms with Gasteiger partial charge < -0.3 is 5.73 Å². The van der Waals surface area contributed by atoms with Gasteiger partial charge in [0.15, 0.2) is 0 Å². The normalized spacial score (nSPS) is 22.0. The van der Waals surface area contributed by atoms with Crippen molar-refractivity contribution in [2.75, 3.05) is 0 Å². The maximum Gasteiger partial charge on any atom is 0.125 e. The molecule has 0 amide bonds. The summed E-state index contributed by atoms with van der Waals surface area (Å²) in [6, 6.07) is 0.298. The lowest BCUT2D eigenvalue weighted by Crippen LogP contribution is -2.28. The zero-order valence-electron chi connectivity index (χ0n) is 7.25. The van der Waals surface area contributed by atoms with Crippen molar-refractivity contribution in [2.45, 2.75) is 32.2 Å². The highest BCUT2D eigenvalue weighted by atomic mass is 14.9. The van der Waals surface area contributed by atoms with Crippen LogP contribution in [0.1, 0.15) is 23.5 Å². The van der Waals surface area contributed by atoms with E-state index in [1.54, 1.807) is 0 Å². The Labute approximate surface area is 72.0 Å². The monoisotopic (exact) mass is 163 g/mol. The fraction of sp³-hybridized carbons (Fsp3) is 0.556. The molecule has 1 aliphatic carbocycles. The molecule has 0 spiro atoms. The first-order valence-corrected chi connectivity index (χ1v) is 4.32. The molecule has 12 heavy (non-hydrogen) atoms. The van der Waals surface area contributed by atoms with Gasteiger partial charge in [-0.2, -0.15) is 0 Å². The van der Waals surface area contributed by atoms with Crippen LogP contribution in [-0.2, 0) is 12.8 Å². The van der Waals surface area contributed by atoms with Crippen LogP contribution in [0, 0.1) is 6.92 Å². The average Bonchev–Trinajstić information content (AvgIpc) is 2.03. The van der Waals surface area contributed by atoms with E-state index < -0.39 is 0 Å². The first-order valence-electron chi connectivity index (χ1n) is 4.32. The van der Waals surface area contributed by atoms with Gasteiger partial charge in [-0.3, -0.25) is 0 Å². The molecular formula is C9H13N3. The van der Waals surface area contributed by atoms with Crippen molar-refractivity contribution in [3.05, 3.63) is 23.3 Å². The number of nitrogens with zero attached hydrogens (tertiary/aromatic N) is 2. The topological polar surface area (TPSA) is 51.8 Å². The van der Waals surface area contributed by atoms with E-state index in [2.05, 4.69) is 9.97 Å². The Balaban J connectivity index is 2.37. The second-order valence-electron chi connectivity index (χ2n) is 3.39. The Morgan fingerprint density at radius 1 is 1.58 bits per heavy atom. The van der Waals surface area contributed by atoms with Gasteiger partial charge in [0.2, 0.25) is 0 Å². The minimum Gasteiger partial charge on any atom is -0.327 e. The van der Waals surface area contributed by atoms with Crippen LogP contribution in [0.2, 0.25) is 0 Å². The molecule has 0 saturated carbocycles. The minimum atomic E-state index is 0.298. The highest BCUT2D eigenvalue weighted by Gasteiger charge is 2.16. The predicted octanol–water partition coefficient (Wildman–Crippen LogP) is 0.601. The molecule has 1 heterocycles. The van der Waals surface area contributed by atoms with Crippen molar-refractivity contribution in [3.63, 3.8) is 0 Å². The Hall–Kier alpha value is -0.960. The van der Waals surface area contributed by atoms with Crippen molar-refractivity contribution in [1.29, 1.82) is 0 Å². The van der Waals surface area contributed by atoms with E-state index in [0.29, 0.717) is 6.04 Å². The Morgan fingerprint density at radius 2 is 2.42 bits per heavy atom. The summed E-state index contributed by atoms with van der Waals surface area (Å²) >= 11 is 0. The van der Waals surface area contributed by atoms with Gasteiger partial charge in [0, 0.05) is 24.4 Å². The van der Waals surface area contributed by atoms with Gasteiger partial charge in [-0.1, -0.05) is 0 Å². The number of aromatic nitrogens is 2. The molecule has 0 radical (unpaired) electrons. The Morgan fingerprint density at radius 3 is 3.25 bits per heavy atom. The molecule has 3 heteroatoms. The lowest BCUT2D eigenvalue weighted by atomic mass is 9.94. The van der Waals surface area contributed by atoms with E-state index in [1.165, 1.54) is 5.56 Å². The van der Waals surface area contributed by atoms with Gasteiger partial charge in [0.1, 0.15) is 5.82 Å². The fourth-order valence-electron chi connectivity index (χ4n) is 1.62. The van der Waals surface area contributed by atoms with Crippen molar-refractivity contribution in [3.8, 4) is 0 Å². The molecule has 1 aromatic rings. The van der Waals surface area contributed by atoms with Crippen LogP contribution in [0.3, 0.4) is 0 Å². The third-order valence-electron chi connectivity index (χ3n) is 2.31. The third-order valence-corrected chi connectivity index (χ3v) is 2.31. The van der Waals surface area contributed by atoms with Crippen LogP contribution in [0.15, 0.2) is 6.20 Å². The third kappa shape index (κ3) is 1.32. The molecule has 1 atom stereocenters. The van der Waals surface area contributed by atoms with Gasteiger partial charge in [-0.15, -0.1) is 0 Å². The lowest BCUT2D eigenvalue weighted by molar-refractivity contribution is 0.560. The molecule has 1 unspecified atom stereocenters. The molecule has 1 aliphatic rings. The number of aryl methyl sites for hydroxylation is 2.